The fourth-order valence-corrected chi connectivity index (χ4v) is 4.38. The van der Waals surface area contributed by atoms with Crippen LogP contribution in [0.15, 0.2) is 91.0 Å². The predicted octanol–water partition coefficient (Wildman–Crippen LogP) is 3.61. The first-order valence-corrected chi connectivity index (χ1v) is 10.9. The first-order valence-electron chi connectivity index (χ1n) is 10.9. The summed E-state index contributed by atoms with van der Waals surface area (Å²) in [5.74, 6) is -0.835. The number of rotatable bonds is 6. The molecule has 1 aliphatic rings. The third kappa shape index (κ3) is 4.58. The van der Waals surface area contributed by atoms with Crippen LogP contribution in [0.1, 0.15) is 35.1 Å². The highest BCUT2D eigenvalue weighted by molar-refractivity contribution is 5.93. The molecule has 5 heteroatoms. The van der Waals surface area contributed by atoms with Gasteiger partial charge in [-0.1, -0.05) is 91.0 Å². The van der Waals surface area contributed by atoms with E-state index in [1.807, 2.05) is 91.0 Å². The van der Waals surface area contributed by atoms with Crippen molar-refractivity contribution < 1.29 is 14.7 Å². The van der Waals surface area contributed by atoms with Gasteiger partial charge in [-0.15, -0.1) is 0 Å². The Hall–Kier alpha value is -3.44. The number of hydrogen-bond acceptors (Lipinski definition) is 3. The van der Waals surface area contributed by atoms with Gasteiger partial charge in [0.25, 0.3) is 0 Å². The maximum atomic E-state index is 13.9. The Labute approximate surface area is 188 Å². The number of benzene rings is 3. The number of aliphatic hydroxyl groups is 1. The second-order valence-corrected chi connectivity index (χ2v) is 8.24. The Balaban J connectivity index is 1.72. The largest absolute Gasteiger partial charge is 0.391 e. The molecule has 4 rings (SSSR count). The molecule has 1 heterocycles. The predicted molar refractivity (Wildman–Crippen MR) is 124 cm³/mol. The van der Waals surface area contributed by atoms with Gasteiger partial charge < -0.3 is 14.9 Å². The van der Waals surface area contributed by atoms with Crippen LogP contribution >= 0.6 is 0 Å². The average molecular weight is 429 g/mol. The first kappa shape index (κ1) is 21.8. The molecule has 1 aliphatic heterocycles. The molecule has 0 aromatic heterocycles. The number of likely N-dealkylation sites (N-methyl/N-ethyl adjacent to an activating group) is 1. The zero-order chi connectivity index (χ0) is 22.5. The van der Waals surface area contributed by atoms with Gasteiger partial charge in [0.05, 0.1) is 12.0 Å². The summed E-state index contributed by atoms with van der Waals surface area (Å²) >= 11 is 0. The second kappa shape index (κ2) is 9.79. The monoisotopic (exact) mass is 428 g/mol. The highest BCUT2D eigenvalue weighted by atomic mass is 16.3. The van der Waals surface area contributed by atoms with Crippen LogP contribution < -0.4 is 0 Å². The zero-order valence-corrected chi connectivity index (χ0v) is 18.2. The molecule has 2 amide bonds. The molecule has 1 fully saturated rings. The molecule has 5 nitrogen and oxygen atoms in total. The molecule has 3 aromatic carbocycles. The Bertz CT molecular complexity index is 1000. The number of hydrogen-bond donors (Lipinski definition) is 1. The smallest absolute Gasteiger partial charge is 0.250 e. The number of β-amino-alcohol motifs (C(OH)–C–C–N with tert-alkyl or cyclic N) is 1. The van der Waals surface area contributed by atoms with E-state index >= 15 is 0 Å². The van der Waals surface area contributed by atoms with Crippen molar-refractivity contribution in [3.63, 3.8) is 0 Å². The minimum absolute atomic E-state index is 0.149. The maximum absolute atomic E-state index is 13.9. The summed E-state index contributed by atoms with van der Waals surface area (Å²) in [6, 6.07) is 27.9. The lowest BCUT2D eigenvalue weighted by molar-refractivity contribution is -0.144. The summed E-state index contributed by atoms with van der Waals surface area (Å²) in [4.78, 5) is 30.7. The molecular formula is C27H28N2O3. The van der Waals surface area contributed by atoms with Crippen LogP contribution in [0.25, 0.3) is 0 Å². The topological polar surface area (TPSA) is 60.9 Å². The summed E-state index contributed by atoms with van der Waals surface area (Å²) in [7, 11) is 1.70. The third-order valence-corrected chi connectivity index (χ3v) is 6.07. The van der Waals surface area contributed by atoms with Gasteiger partial charge in [-0.05, 0) is 23.1 Å². The van der Waals surface area contributed by atoms with Crippen molar-refractivity contribution in [3.05, 3.63) is 108 Å². The van der Waals surface area contributed by atoms with E-state index in [9.17, 15) is 14.7 Å². The van der Waals surface area contributed by atoms with E-state index in [2.05, 4.69) is 0 Å². The number of amides is 2. The summed E-state index contributed by atoms with van der Waals surface area (Å²) in [6.07, 6.45) is 0.0412. The zero-order valence-electron chi connectivity index (χ0n) is 18.2. The minimum atomic E-state index is -0.760. The lowest BCUT2D eigenvalue weighted by atomic mass is 9.89. The van der Waals surface area contributed by atoms with E-state index in [-0.39, 0.29) is 11.8 Å². The first-order chi connectivity index (χ1) is 15.6. The standard InChI is InChI=1S/C27H28N2O3/c1-28(25(22-15-9-4-10-16-22)27(32)29-18-17-23(30)19-29)26(31)24(20-11-5-2-6-12-20)21-13-7-3-8-14-21/h2-16,23-25,30H,17-19H2,1H3/t23-,25-/m0/s1. The second-order valence-electron chi connectivity index (χ2n) is 8.24. The highest BCUT2D eigenvalue weighted by Gasteiger charge is 2.37. The Kier molecular flexibility index (Phi) is 6.66. The van der Waals surface area contributed by atoms with Crippen LogP contribution in [-0.2, 0) is 9.59 Å². The minimum Gasteiger partial charge on any atom is -0.391 e. The number of likely N-dealkylation sites (tertiary alicyclic amines) is 1. The van der Waals surface area contributed by atoms with Crippen molar-refractivity contribution in [3.8, 4) is 0 Å². The molecule has 1 N–H and O–H groups in total. The Morgan fingerprint density at radius 2 is 1.31 bits per heavy atom. The van der Waals surface area contributed by atoms with E-state index in [0.717, 1.165) is 16.7 Å². The van der Waals surface area contributed by atoms with Crippen LogP contribution in [-0.4, -0.2) is 53.0 Å². The van der Waals surface area contributed by atoms with Crippen molar-refractivity contribution in [2.45, 2.75) is 24.5 Å². The van der Waals surface area contributed by atoms with Crippen LogP contribution in [0.3, 0.4) is 0 Å². The normalized spacial score (nSPS) is 16.7. The van der Waals surface area contributed by atoms with Crippen molar-refractivity contribution in [2.24, 2.45) is 0 Å². The summed E-state index contributed by atoms with van der Waals surface area (Å²) in [5, 5.41) is 9.96. The molecule has 1 saturated heterocycles. The van der Waals surface area contributed by atoms with Gasteiger partial charge >= 0.3 is 0 Å². The van der Waals surface area contributed by atoms with Crippen molar-refractivity contribution >= 4 is 11.8 Å². The molecule has 164 valence electrons. The molecule has 0 unspecified atom stereocenters. The molecule has 2 atom stereocenters. The molecule has 0 saturated carbocycles. The number of aliphatic hydroxyl groups excluding tert-OH is 1. The van der Waals surface area contributed by atoms with Crippen LogP contribution in [0.5, 0.6) is 0 Å². The van der Waals surface area contributed by atoms with E-state index in [1.165, 1.54) is 0 Å². The molecule has 0 radical (unpaired) electrons. The van der Waals surface area contributed by atoms with E-state index in [0.29, 0.717) is 19.5 Å². The van der Waals surface area contributed by atoms with Gasteiger partial charge in [0.2, 0.25) is 11.8 Å². The molecule has 32 heavy (non-hydrogen) atoms. The van der Waals surface area contributed by atoms with Gasteiger partial charge in [-0.25, -0.2) is 0 Å². The van der Waals surface area contributed by atoms with Crippen LogP contribution in [0.4, 0.5) is 0 Å². The number of carbonyl (C=O) groups is 2. The summed E-state index contributed by atoms with van der Waals surface area (Å²) in [5.41, 5.74) is 2.52. The van der Waals surface area contributed by atoms with Crippen LogP contribution in [0.2, 0.25) is 0 Å². The van der Waals surface area contributed by atoms with E-state index < -0.39 is 18.1 Å². The fraction of sp³-hybridized carbons (Fsp3) is 0.259. The van der Waals surface area contributed by atoms with Gasteiger partial charge in [-0.2, -0.15) is 0 Å². The summed E-state index contributed by atoms with van der Waals surface area (Å²) in [6.45, 7) is 0.789. The van der Waals surface area contributed by atoms with Crippen molar-refractivity contribution in [2.75, 3.05) is 20.1 Å². The number of nitrogens with zero attached hydrogens (tertiary/aromatic N) is 2. The molecular weight excluding hydrogens is 400 g/mol. The Morgan fingerprint density at radius 1 is 0.844 bits per heavy atom. The van der Waals surface area contributed by atoms with Gasteiger partial charge in [0.15, 0.2) is 0 Å². The lowest BCUT2D eigenvalue weighted by Crippen LogP contribution is -2.45. The molecule has 3 aromatic rings. The Morgan fingerprint density at radius 3 is 1.75 bits per heavy atom. The van der Waals surface area contributed by atoms with Crippen molar-refractivity contribution in [1.29, 1.82) is 0 Å². The van der Waals surface area contributed by atoms with Crippen molar-refractivity contribution in [1.82, 2.24) is 9.80 Å². The van der Waals surface area contributed by atoms with Gasteiger partial charge in [0, 0.05) is 20.1 Å². The quantitative estimate of drug-likeness (QED) is 0.653. The van der Waals surface area contributed by atoms with E-state index in [4.69, 9.17) is 0 Å². The summed E-state index contributed by atoms with van der Waals surface area (Å²) < 4.78 is 0. The molecule has 0 aliphatic carbocycles. The van der Waals surface area contributed by atoms with E-state index in [1.54, 1.807) is 16.8 Å². The molecule has 0 spiro atoms. The highest BCUT2D eigenvalue weighted by Crippen LogP contribution is 2.31. The number of carbonyl (C=O) groups excluding carboxylic acids is 2. The third-order valence-electron chi connectivity index (χ3n) is 6.07. The fourth-order valence-electron chi connectivity index (χ4n) is 4.38. The van der Waals surface area contributed by atoms with Gasteiger partial charge in [-0.3, -0.25) is 9.59 Å². The van der Waals surface area contributed by atoms with Gasteiger partial charge in [0.1, 0.15) is 6.04 Å². The maximum Gasteiger partial charge on any atom is 0.250 e. The van der Waals surface area contributed by atoms with Crippen LogP contribution in [0, 0.1) is 0 Å². The SMILES string of the molecule is CN(C(=O)C(c1ccccc1)c1ccccc1)[C@H](C(=O)N1CC[C@H](O)C1)c1ccccc1. The lowest BCUT2D eigenvalue weighted by Gasteiger charge is -2.33. The average Bonchev–Trinajstić information content (AvgIpc) is 3.27. The molecule has 0 bridgehead atoms.